The molecule has 0 bridgehead atoms. The summed E-state index contributed by atoms with van der Waals surface area (Å²) in [5, 5.41) is 4.31. The van der Waals surface area contributed by atoms with E-state index in [1.54, 1.807) is 17.8 Å². The zero-order valence-electron chi connectivity index (χ0n) is 20.5. The summed E-state index contributed by atoms with van der Waals surface area (Å²) in [6.07, 6.45) is 11.2. The molecule has 0 saturated heterocycles. The van der Waals surface area contributed by atoms with Crippen LogP contribution in [0.25, 0.3) is 12.2 Å². The van der Waals surface area contributed by atoms with Crippen molar-refractivity contribution in [3.63, 3.8) is 0 Å². The van der Waals surface area contributed by atoms with Crippen LogP contribution < -0.4 is 4.74 Å². The monoisotopic (exact) mass is 510 g/mol. The molecule has 1 heterocycles. The number of hydrogen-bond donors (Lipinski definition) is 0. The SMILES string of the molecule is CSc1ccc(/C=C/C(/C=C/c2ccccc2OCc2ccccc2)=N\OCc2ccc(F)nc2)cc1. The summed E-state index contributed by atoms with van der Waals surface area (Å²) in [6, 6.07) is 29.1. The molecule has 4 nitrogen and oxygen atoms in total. The topological polar surface area (TPSA) is 43.7 Å². The number of allylic oxidation sites excluding steroid dienone is 2. The highest BCUT2D eigenvalue weighted by atomic mass is 32.2. The number of para-hydroxylation sites is 1. The van der Waals surface area contributed by atoms with Gasteiger partial charge in [0.2, 0.25) is 5.95 Å². The number of pyridine rings is 1. The van der Waals surface area contributed by atoms with Gasteiger partial charge in [-0.25, -0.2) is 4.98 Å². The molecule has 0 atom stereocenters. The largest absolute Gasteiger partial charge is 0.488 e. The van der Waals surface area contributed by atoms with Crippen molar-refractivity contribution in [3.05, 3.63) is 138 Å². The zero-order valence-corrected chi connectivity index (χ0v) is 21.3. The van der Waals surface area contributed by atoms with Crippen LogP contribution in [0.4, 0.5) is 4.39 Å². The highest BCUT2D eigenvalue weighted by Crippen LogP contribution is 2.21. The van der Waals surface area contributed by atoms with E-state index in [1.807, 2.05) is 78.9 Å². The number of halogens is 1. The van der Waals surface area contributed by atoms with Gasteiger partial charge < -0.3 is 9.57 Å². The molecule has 4 rings (SSSR count). The van der Waals surface area contributed by atoms with Crippen molar-refractivity contribution < 1.29 is 14.0 Å². The maximum absolute atomic E-state index is 13.1. The van der Waals surface area contributed by atoms with E-state index in [9.17, 15) is 4.39 Å². The average molecular weight is 511 g/mol. The molecule has 0 aliphatic heterocycles. The summed E-state index contributed by atoms with van der Waals surface area (Å²) in [5.41, 5.74) is 4.41. The first-order chi connectivity index (χ1) is 18.2. The van der Waals surface area contributed by atoms with Crippen LogP contribution in [0.3, 0.4) is 0 Å². The molecule has 0 radical (unpaired) electrons. The third kappa shape index (κ3) is 8.47. The van der Waals surface area contributed by atoms with Gasteiger partial charge in [-0.2, -0.15) is 4.39 Å². The Morgan fingerprint density at radius 1 is 0.838 bits per heavy atom. The van der Waals surface area contributed by atoms with Gasteiger partial charge in [-0.05, 0) is 65.9 Å². The molecule has 37 heavy (non-hydrogen) atoms. The average Bonchev–Trinajstić information content (AvgIpc) is 2.95. The van der Waals surface area contributed by atoms with Crippen molar-refractivity contribution in [1.82, 2.24) is 4.98 Å². The summed E-state index contributed by atoms with van der Waals surface area (Å²) in [4.78, 5) is 10.4. The normalized spacial score (nSPS) is 11.8. The van der Waals surface area contributed by atoms with Gasteiger partial charge in [-0.3, -0.25) is 0 Å². The lowest BCUT2D eigenvalue weighted by molar-refractivity contribution is 0.131. The molecule has 1 aromatic heterocycles. The van der Waals surface area contributed by atoms with Crippen molar-refractivity contribution in [1.29, 1.82) is 0 Å². The van der Waals surface area contributed by atoms with Crippen LogP contribution in [0, 0.1) is 5.95 Å². The van der Waals surface area contributed by atoms with E-state index in [0.29, 0.717) is 12.3 Å². The lowest BCUT2D eigenvalue weighted by Gasteiger charge is -2.09. The quantitative estimate of drug-likeness (QED) is 0.0893. The van der Waals surface area contributed by atoms with Crippen LogP contribution in [0.2, 0.25) is 0 Å². The van der Waals surface area contributed by atoms with Gasteiger partial charge in [0.25, 0.3) is 0 Å². The highest BCUT2D eigenvalue weighted by Gasteiger charge is 2.02. The summed E-state index contributed by atoms with van der Waals surface area (Å²) >= 11 is 1.70. The van der Waals surface area contributed by atoms with Gasteiger partial charge in [0.15, 0.2) is 0 Å². The number of thioether (sulfide) groups is 1. The lowest BCUT2D eigenvalue weighted by Crippen LogP contribution is -1.97. The van der Waals surface area contributed by atoms with Gasteiger partial charge in [0.05, 0.1) is 0 Å². The van der Waals surface area contributed by atoms with Crippen LogP contribution in [0.15, 0.2) is 119 Å². The van der Waals surface area contributed by atoms with E-state index in [2.05, 4.69) is 40.7 Å². The fourth-order valence-corrected chi connectivity index (χ4v) is 3.75. The van der Waals surface area contributed by atoms with Crippen molar-refractivity contribution in [2.24, 2.45) is 5.16 Å². The standard InChI is InChI=1S/C31H27FN2O2S/c1-37-29-18-12-24(13-19-29)11-16-28(34-36-23-26-14-20-31(32)33-21-26)17-15-27-9-5-6-10-30(27)35-22-25-7-3-2-4-8-25/h2-21H,22-23H2,1H3/b16-11+,17-15+,34-28+. The van der Waals surface area contributed by atoms with Crippen molar-refractivity contribution in [2.75, 3.05) is 6.26 Å². The fourth-order valence-electron chi connectivity index (χ4n) is 3.35. The summed E-state index contributed by atoms with van der Waals surface area (Å²) < 4.78 is 19.2. The first-order valence-corrected chi connectivity index (χ1v) is 13.0. The van der Waals surface area contributed by atoms with Gasteiger partial charge in [0, 0.05) is 22.2 Å². The molecule has 0 spiro atoms. The van der Waals surface area contributed by atoms with Gasteiger partial charge in [0.1, 0.15) is 24.7 Å². The second-order valence-corrected chi connectivity index (χ2v) is 8.91. The molecule has 0 aliphatic carbocycles. The highest BCUT2D eigenvalue weighted by molar-refractivity contribution is 7.98. The molecule has 0 amide bonds. The van der Waals surface area contributed by atoms with Crippen molar-refractivity contribution >= 4 is 29.6 Å². The number of oxime groups is 1. The zero-order chi connectivity index (χ0) is 25.7. The first-order valence-electron chi connectivity index (χ1n) is 11.8. The second-order valence-electron chi connectivity index (χ2n) is 8.03. The minimum Gasteiger partial charge on any atom is -0.488 e. The third-order valence-corrected chi connectivity index (χ3v) is 6.09. The third-order valence-electron chi connectivity index (χ3n) is 5.34. The smallest absolute Gasteiger partial charge is 0.212 e. The molecule has 0 unspecified atom stereocenters. The molecule has 6 heteroatoms. The Morgan fingerprint density at radius 2 is 1.59 bits per heavy atom. The Labute approximate surface area is 221 Å². The Bertz CT molecular complexity index is 1350. The van der Waals surface area contributed by atoms with Gasteiger partial charge in [-0.1, -0.05) is 71.9 Å². The number of benzene rings is 3. The molecular formula is C31H27FN2O2S. The second kappa shape index (κ2) is 13.8. The van der Waals surface area contributed by atoms with Crippen molar-refractivity contribution in [2.45, 2.75) is 18.1 Å². The number of hydrogen-bond acceptors (Lipinski definition) is 5. The Morgan fingerprint density at radius 3 is 2.35 bits per heavy atom. The summed E-state index contributed by atoms with van der Waals surface area (Å²) in [5.74, 6) is 0.247. The molecule has 0 aliphatic rings. The first kappa shape index (κ1) is 25.9. The van der Waals surface area contributed by atoms with E-state index < -0.39 is 5.95 Å². The van der Waals surface area contributed by atoms with Crippen LogP contribution in [0.5, 0.6) is 5.75 Å². The predicted molar refractivity (Wildman–Crippen MR) is 150 cm³/mol. The van der Waals surface area contributed by atoms with Crippen LogP contribution in [-0.2, 0) is 18.1 Å². The molecule has 0 N–H and O–H groups in total. The maximum atomic E-state index is 13.1. The van der Waals surface area contributed by atoms with E-state index >= 15 is 0 Å². The molecular weight excluding hydrogens is 483 g/mol. The Balaban J connectivity index is 1.51. The van der Waals surface area contributed by atoms with E-state index in [1.165, 1.54) is 17.2 Å². The molecule has 186 valence electrons. The van der Waals surface area contributed by atoms with Crippen molar-refractivity contribution in [3.8, 4) is 5.75 Å². The minimum absolute atomic E-state index is 0.178. The fraction of sp³-hybridized carbons (Fsp3) is 0.0968. The number of aromatic nitrogens is 1. The molecule has 0 saturated carbocycles. The number of nitrogens with zero attached hydrogens (tertiary/aromatic N) is 2. The van der Waals surface area contributed by atoms with E-state index in [4.69, 9.17) is 9.57 Å². The Hall–Kier alpha value is -4.16. The molecule has 3 aromatic carbocycles. The van der Waals surface area contributed by atoms with Crippen LogP contribution in [-0.4, -0.2) is 17.0 Å². The van der Waals surface area contributed by atoms with E-state index in [-0.39, 0.29) is 6.61 Å². The Kier molecular flexibility index (Phi) is 9.67. The van der Waals surface area contributed by atoms with Crippen LogP contribution >= 0.6 is 11.8 Å². The maximum Gasteiger partial charge on any atom is 0.212 e. The predicted octanol–water partition coefficient (Wildman–Crippen LogP) is 7.82. The molecule has 4 aromatic rings. The molecule has 0 fully saturated rings. The van der Waals surface area contributed by atoms with Crippen LogP contribution in [0.1, 0.15) is 22.3 Å². The lowest BCUT2D eigenvalue weighted by atomic mass is 10.1. The van der Waals surface area contributed by atoms with E-state index in [0.717, 1.165) is 28.0 Å². The summed E-state index contributed by atoms with van der Waals surface area (Å²) in [6.45, 7) is 0.658. The summed E-state index contributed by atoms with van der Waals surface area (Å²) in [7, 11) is 0. The van der Waals surface area contributed by atoms with Gasteiger partial charge in [-0.15, -0.1) is 11.8 Å². The van der Waals surface area contributed by atoms with Gasteiger partial charge >= 0.3 is 0 Å². The number of rotatable bonds is 11. The number of ether oxygens (including phenoxy) is 1. The minimum atomic E-state index is -0.528.